The summed E-state index contributed by atoms with van der Waals surface area (Å²) >= 11 is 0. The van der Waals surface area contributed by atoms with Crippen LogP contribution in [0.15, 0.2) is 60.7 Å². The van der Waals surface area contributed by atoms with Crippen LogP contribution in [0.1, 0.15) is 44.2 Å². The van der Waals surface area contributed by atoms with Crippen LogP contribution in [-0.4, -0.2) is 0 Å². The average Bonchev–Trinajstić information content (AvgIpc) is 2.72. The Morgan fingerprint density at radius 3 is 1.93 bits per heavy atom. The van der Waals surface area contributed by atoms with Crippen LogP contribution in [0, 0.1) is 23.5 Å². The SMILES string of the molecule is CC#Cc1ccc(-c2ccc(-c3ccc(CCCCC)c(F)c3F)cc2)cc1. The third-order valence-electron chi connectivity index (χ3n) is 4.90. The molecule has 0 heterocycles. The number of hydrogen-bond acceptors (Lipinski definition) is 0. The molecule has 142 valence electrons. The highest BCUT2D eigenvalue weighted by Crippen LogP contribution is 2.29. The third kappa shape index (κ3) is 4.49. The van der Waals surface area contributed by atoms with Gasteiger partial charge in [-0.1, -0.05) is 74.2 Å². The van der Waals surface area contributed by atoms with Gasteiger partial charge >= 0.3 is 0 Å². The van der Waals surface area contributed by atoms with E-state index in [0.717, 1.165) is 36.0 Å². The van der Waals surface area contributed by atoms with Gasteiger partial charge in [0, 0.05) is 11.1 Å². The molecule has 0 saturated heterocycles. The Hall–Kier alpha value is -2.92. The van der Waals surface area contributed by atoms with E-state index in [9.17, 15) is 8.78 Å². The summed E-state index contributed by atoms with van der Waals surface area (Å²) in [6.45, 7) is 3.91. The van der Waals surface area contributed by atoms with Crippen LogP contribution in [0.4, 0.5) is 8.78 Å². The van der Waals surface area contributed by atoms with Crippen LogP contribution >= 0.6 is 0 Å². The Labute approximate surface area is 166 Å². The first-order chi connectivity index (χ1) is 13.6. The van der Waals surface area contributed by atoms with E-state index < -0.39 is 11.6 Å². The van der Waals surface area contributed by atoms with E-state index in [1.54, 1.807) is 12.1 Å². The van der Waals surface area contributed by atoms with Crippen LogP contribution < -0.4 is 0 Å². The molecule has 0 unspecified atom stereocenters. The molecule has 0 N–H and O–H groups in total. The molecule has 0 nitrogen and oxygen atoms in total. The minimum absolute atomic E-state index is 0.303. The third-order valence-corrected chi connectivity index (χ3v) is 4.90. The molecule has 0 spiro atoms. The van der Waals surface area contributed by atoms with E-state index in [1.165, 1.54) is 0 Å². The first kappa shape index (κ1) is 19.8. The van der Waals surface area contributed by atoms with Gasteiger partial charge in [-0.05, 0) is 54.2 Å². The Bertz CT molecular complexity index is 988. The summed E-state index contributed by atoms with van der Waals surface area (Å²) < 4.78 is 29.0. The number of aryl methyl sites for hydroxylation is 1. The highest BCUT2D eigenvalue weighted by molar-refractivity contribution is 5.71. The molecule has 0 amide bonds. The Morgan fingerprint density at radius 2 is 1.32 bits per heavy atom. The van der Waals surface area contributed by atoms with Gasteiger partial charge in [0.1, 0.15) is 0 Å². The Kier molecular flexibility index (Phi) is 6.61. The zero-order valence-electron chi connectivity index (χ0n) is 16.4. The average molecular weight is 374 g/mol. The van der Waals surface area contributed by atoms with E-state index in [1.807, 2.05) is 55.5 Å². The maximum absolute atomic E-state index is 14.6. The van der Waals surface area contributed by atoms with Crippen molar-refractivity contribution in [3.63, 3.8) is 0 Å². The molecule has 3 aromatic rings. The predicted octanol–water partition coefficient (Wildman–Crippen LogP) is 7.40. The van der Waals surface area contributed by atoms with Gasteiger partial charge in [-0.2, -0.15) is 0 Å². The summed E-state index contributed by atoms with van der Waals surface area (Å²) in [7, 11) is 0. The number of benzene rings is 3. The molecule has 3 aromatic carbocycles. The van der Waals surface area contributed by atoms with Crippen molar-refractivity contribution in [2.75, 3.05) is 0 Å². The lowest BCUT2D eigenvalue weighted by molar-refractivity contribution is 0.498. The van der Waals surface area contributed by atoms with Gasteiger partial charge in [0.05, 0.1) is 0 Å². The van der Waals surface area contributed by atoms with Crippen molar-refractivity contribution in [2.45, 2.75) is 39.5 Å². The second-order valence-corrected chi connectivity index (χ2v) is 6.89. The molecule has 0 fully saturated rings. The molecule has 0 aromatic heterocycles. The summed E-state index contributed by atoms with van der Waals surface area (Å²) in [5, 5.41) is 0. The lowest BCUT2D eigenvalue weighted by atomic mass is 9.97. The van der Waals surface area contributed by atoms with Gasteiger partial charge in [-0.3, -0.25) is 0 Å². The van der Waals surface area contributed by atoms with Crippen molar-refractivity contribution in [3.8, 4) is 34.1 Å². The zero-order valence-corrected chi connectivity index (χ0v) is 16.4. The largest absolute Gasteiger partial charge is 0.203 e. The van der Waals surface area contributed by atoms with Crippen molar-refractivity contribution in [3.05, 3.63) is 83.4 Å². The molecule has 0 aliphatic carbocycles. The van der Waals surface area contributed by atoms with Crippen molar-refractivity contribution < 1.29 is 8.78 Å². The summed E-state index contributed by atoms with van der Waals surface area (Å²) in [6, 6.07) is 18.9. The highest BCUT2D eigenvalue weighted by Gasteiger charge is 2.14. The molecular formula is C26H24F2. The first-order valence-electron chi connectivity index (χ1n) is 9.74. The van der Waals surface area contributed by atoms with Gasteiger partial charge in [0.25, 0.3) is 0 Å². The first-order valence-corrected chi connectivity index (χ1v) is 9.74. The normalized spacial score (nSPS) is 10.4. The second kappa shape index (κ2) is 9.33. The van der Waals surface area contributed by atoms with E-state index in [4.69, 9.17) is 0 Å². The van der Waals surface area contributed by atoms with Crippen LogP contribution in [0.3, 0.4) is 0 Å². The summed E-state index contributed by atoms with van der Waals surface area (Å²) in [5.74, 6) is 4.42. The summed E-state index contributed by atoms with van der Waals surface area (Å²) in [6.07, 6.45) is 3.54. The van der Waals surface area contributed by atoms with Crippen molar-refractivity contribution >= 4 is 0 Å². The van der Waals surface area contributed by atoms with Crippen LogP contribution in [0.25, 0.3) is 22.3 Å². The Balaban J connectivity index is 1.82. The van der Waals surface area contributed by atoms with E-state index in [2.05, 4.69) is 18.8 Å². The maximum Gasteiger partial charge on any atom is 0.166 e. The minimum atomic E-state index is -0.760. The van der Waals surface area contributed by atoms with Gasteiger partial charge < -0.3 is 0 Å². The fourth-order valence-electron chi connectivity index (χ4n) is 3.30. The zero-order chi connectivity index (χ0) is 19.9. The molecule has 0 radical (unpaired) electrons. The van der Waals surface area contributed by atoms with E-state index in [-0.39, 0.29) is 0 Å². The topological polar surface area (TPSA) is 0 Å². The number of unbranched alkanes of at least 4 members (excludes halogenated alkanes) is 2. The molecule has 0 atom stereocenters. The van der Waals surface area contributed by atoms with Crippen LogP contribution in [-0.2, 0) is 6.42 Å². The molecule has 0 saturated carbocycles. The predicted molar refractivity (Wildman–Crippen MR) is 113 cm³/mol. The van der Waals surface area contributed by atoms with Crippen LogP contribution in [0.5, 0.6) is 0 Å². The molecule has 28 heavy (non-hydrogen) atoms. The number of hydrogen-bond donors (Lipinski definition) is 0. The molecular weight excluding hydrogens is 350 g/mol. The highest BCUT2D eigenvalue weighted by atomic mass is 19.2. The van der Waals surface area contributed by atoms with Crippen LogP contribution in [0.2, 0.25) is 0 Å². The smallest absolute Gasteiger partial charge is 0.166 e. The van der Waals surface area contributed by atoms with E-state index >= 15 is 0 Å². The van der Waals surface area contributed by atoms with Gasteiger partial charge in [0.15, 0.2) is 11.6 Å². The van der Waals surface area contributed by atoms with Crippen molar-refractivity contribution in [2.24, 2.45) is 0 Å². The molecule has 0 aliphatic heterocycles. The monoisotopic (exact) mass is 374 g/mol. The molecule has 0 aliphatic rings. The van der Waals surface area contributed by atoms with Gasteiger partial charge in [-0.25, -0.2) is 8.78 Å². The van der Waals surface area contributed by atoms with E-state index in [0.29, 0.717) is 23.1 Å². The van der Waals surface area contributed by atoms with Crippen molar-refractivity contribution in [1.29, 1.82) is 0 Å². The minimum Gasteiger partial charge on any atom is -0.203 e. The Morgan fingerprint density at radius 1 is 0.714 bits per heavy atom. The standard InChI is InChI=1S/C26H24F2/c1-3-5-6-8-23-17-18-24(26(28)25(23)27)22-15-13-21(14-16-22)20-11-9-19(7-4-2)10-12-20/h9-18H,3,5-6,8H2,1-2H3. The number of halogens is 2. The molecule has 3 rings (SSSR count). The summed E-state index contributed by atoms with van der Waals surface area (Å²) in [4.78, 5) is 0. The lowest BCUT2D eigenvalue weighted by Crippen LogP contribution is -1.97. The maximum atomic E-state index is 14.6. The fourth-order valence-corrected chi connectivity index (χ4v) is 3.30. The second-order valence-electron chi connectivity index (χ2n) is 6.89. The molecule has 0 bridgehead atoms. The lowest BCUT2D eigenvalue weighted by Gasteiger charge is -2.10. The van der Waals surface area contributed by atoms with Gasteiger partial charge in [-0.15, -0.1) is 5.92 Å². The molecule has 2 heteroatoms. The van der Waals surface area contributed by atoms with Gasteiger partial charge in [0.2, 0.25) is 0 Å². The summed E-state index contributed by atoms with van der Waals surface area (Å²) in [5.41, 5.74) is 4.49. The number of rotatable bonds is 6. The quantitative estimate of drug-likeness (QED) is 0.311. The van der Waals surface area contributed by atoms with Crippen molar-refractivity contribution in [1.82, 2.24) is 0 Å². The fraction of sp³-hybridized carbons (Fsp3) is 0.231.